The minimum atomic E-state index is 0.440. The smallest absolute Gasteiger partial charge is 0.175 e. The lowest BCUT2D eigenvalue weighted by Crippen LogP contribution is -1.94. The summed E-state index contributed by atoms with van der Waals surface area (Å²) in [5, 5.41) is 3.90. The van der Waals surface area contributed by atoms with Crippen molar-refractivity contribution >= 4 is 5.82 Å². The second-order valence-corrected chi connectivity index (χ2v) is 4.71. The lowest BCUT2D eigenvalue weighted by molar-refractivity contribution is 0.381. The number of benzene rings is 1. The van der Waals surface area contributed by atoms with Gasteiger partial charge in [-0.05, 0) is 24.8 Å². The zero-order valence-electron chi connectivity index (χ0n) is 10.3. The fourth-order valence-electron chi connectivity index (χ4n) is 2.20. The van der Waals surface area contributed by atoms with Crippen molar-refractivity contribution in [3.63, 3.8) is 0 Å². The Morgan fingerprint density at radius 2 is 2.17 bits per heavy atom. The van der Waals surface area contributed by atoms with Crippen molar-refractivity contribution in [1.82, 2.24) is 5.16 Å². The molecule has 1 aliphatic carbocycles. The van der Waals surface area contributed by atoms with Crippen LogP contribution in [0.3, 0.4) is 0 Å². The Hall–Kier alpha value is -1.97. The summed E-state index contributed by atoms with van der Waals surface area (Å²) in [6, 6.07) is 7.80. The van der Waals surface area contributed by atoms with Crippen molar-refractivity contribution in [2.24, 2.45) is 5.92 Å². The molecule has 0 bridgehead atoms. The maximum absolute atomic E-state index is 5.93. The maximum atomic E-state index is 5.93. The molecule has 4 nitrogen and oxygen atoms in total. The van der Waals surface area contributed by atoms with Gasteiger partial charge in [-0.15, -0.1) is 0 Å². The molecule has 1 heterocycles. The molecule has 4 heteroatoms. The summed E-state index contributed by atoms with van der Waals surface area (Å²) >= 11 is 0. The number of nitrogens with zero attached hydrogens (tertiary/aromatic N) is 1. The molecule has 0 atom stereocenters. The van der Waals surface area contributed by atoms with E-state index in [1.807, 2.05) is 24.3 Å². The normalized spacial score (nSPS) is 14.7. The molecule has 94 valence electrons. The van der Waals surface area contributed by atoms with Crippen molar-refractivity contribution in [2.45, 2.75) is 19.3 Å². The zero-order chi connectivity index (χ0) is 12.5. The van der Waals surface area contributed by atoms with Gasteiger partial charge in [-0.1, -0.05) is 23.4 Å². The number of hydrogen-bond acceptors (Lipinski definition) is 4. The molecule has 3 rings (SSSR count). The van der Waals surface area contributed by atoms with Gasteiger partial charge in [0, 0.05) is 12.0 Å². The number of hydrogen-bond donors (Lipinski definition) is 1. The topological polar surface area (TPSA) is 61.3 Å². The fraction of sp³-hybridized carbons (Fsp3) is 0.357. The van der Waals surface area contributed by atoms with E-state index in [1.54, 1.807) is 7.11 Å². The summed E-state index contributed by atoms with van der Waals surface area (Å²) in [6.07, 6.45) is 3.45. The Labute approximate surface area is 106 Å². The van der Waals surface area contributed by atoms with E-state index in [1.165, 1.54) is 12.8 Å². The number of anilines is 1. The van der Waals surface area contributed by atoms with Crippen molar-refractivity contribution in [1.29, 1.82) is 0 Å². The molecule has 0 radical (unpaired) electrons. The lowest BCUT2D eigenvalue weighted by Gasteiger charge is -2.08. The second kappa shape index (κ2) is 4.37. The summed E-state index contributed by atoms with van der Waals surface area (Å²) < 4.78 is 10.7. The van der Waals surface area contributed by atoms with Crippen LogP contribution in [0.2, 0.25) is 0 Å². The number of aromatic nitrogens is 1. The Morgan fingerprint density at radius 1 is 1.39 bits per heavy atom. The van der Waals surface area contributed by atoms with Gasteiger partial charge in [-0.3, -0.25) is 0 Å². The predicted octanol–water partition coefficient (Wildman–Crippen LogP) is 2.88. The lowest BCUT2D eigenvalue weighted by atomic mass is 10.0. The molecule has 0 amide bonds. The van der Waals surface area contributed by atoms with E-state index in [0.717, 1.165) is 35.0 Å². The van der Waals surface area contributed by atoms with Gasteiger partial charge in [0.15, 0.2) is 5.82 Å². The average Bonchev–Trinajstić information content (AvgIpc) is 3.13. The summed E-state index contributed by atoms with van der Waals surface area (Å²) in [4.78, 5) is 0. The van der Waals surface area contributed by atoms with E-state index in [2.05, 4.69) is 5.16 Å². The van der Waals surface area contributed by atoms with Crippen molar-refractivity contribution < 1.29 is 9.26 Å². The molecule has 0 spiro atoms. The standard InChI is InChI=1S/C14H16N2O2/c1-17-11-5-3-2-4-10(11)13-12(8-9-6-7-9)18-16-14(13)15/h2-5,9H,6-8H2,1H3,(H2,15,16). The number of nitrogens with two attached hydrogens (primary N) is 1. The average molecular weight is 244 g/mol. The van der Waals surface area contributed by atoms with Gasteiger partial charge >= 0.3 is 0 Å². The number of nitrogen functional groups attached to an aromatic ring is 1. The first-order valence-corrected chi connectivity index (χ1v) is 6.17. The van der Waals surface area contributed by atoms with Crippen LogP contribution in [-0.2, 0) is 6.42 Å². The molecule has 0 aliphatic heterocycles. The van der Waals surface area contributed by atoms with E-state index < -0.39 is 0 Å². The van der Waals surface area contributed by atoms with Crippen LogP contribution in [0.4, 0.5) is 5.82 Å². The minimum Gasteiger partial charge on any atom is -0.496 e. The van der Waals surface area contributed by atoms with Gasteiger partial charge in [-0.25, -0.2) is 0 Å². The van der Waals surface area contributed by atoms with E-state index in [4.69, 9.17) is 15.0 Å². The number of rotatable bonds is 4. The summed E-state index contributed by atoms with van der Waals surface area (Å²) in [5.74, 6) is 2.84. The third-order valence-corrected chi connectivity index (χ3v) is 3.34. The highest BCUT2D eigenvalue weighted by molar-refractivity contribution is 5.80. The first-order valence-electron chi connectivity index (χ1n) is 6.17. The fourth-order valence-corrected chi connectivity index (χ4v) is 2.20. The summed E-state index contributed by atoms with van der Waals surface area (Å²) in [6.45, 7) is 0. The van der Waals surface area contributed by atoms with Crippen molar-refractivity contribution in [3.05, 3.63) is 30.0 Å². The molecule has 1 fully saturated rings. The Balaban J connectivity index is 2.06. The minimum absolute atomic E-state index is 0.440. The van der Waals surface area contributed by atoms with E-state index >= 15 is 0 Å². The molecule has 2 N–H and O–H groups in total. The van der Waals surface area contributed by atoms with Crippen molar-refractivity contribution in [3.8, 4) is 16.9 Å². The van der Waals surface area contributed by atoms with Crippen LogP contribution in [0.25, 0.3) is 11.1 Å². The summed E-state index contributed by atoms with van der Waals surface area (Å²) in [5.41, 5.74) is 7.77. The molecule has 1 aliphatic rings. The quantitative estimate of drug-likeness (QED) is 0.898. The highest BCUT2D eigenvalue weighted by Crippen LogP contribution is 2.40. The largest absolute Gasteiger partial charge is 0.496 e. The summed E-state index contributed by atoms with van der Waals surface area (Å²) in [7, 11) is 1.66. The van der Waals surface area contributed by atoms with Crippen LogP contribution in [0.1, 0.15) is 18.6 Å². The molecule has 0 unspecified atom stereocenters. The van der Waals surface area contributed by atoms with Gasteiger partial charge in [0.05, 0.1) is 12.7 Å². The molecular formula is C14H16N2O2. The Morgan fingerprint density at radius 3 is 2.89 bits per heavy atom. The van der Waals surface area contributed by atoms with Crippen LogP contribution in [0.15, 0.2) is 28.8 Å². The third-order valence-electron chi connectivity index (χ3n) is 3.34. The van der Waals surface area contributed by atoms with Gasteiger partial charge in [0.2, 0.25) is 0 Å². The van der Waals surface area contributed by atoms with Gasteiger partial charge < -0.3 is 15.0 Å². The van der Waals surface area contributed by atoms with Gasteiger partial charge in [-0.2, -0.15) is 0 Å². The predicted molar refractivity (Wildman–Crippen MR) is 69.3 cm³/mol. The molecule has 1 saturated carbocycles. The first-order chi connectivity index (χ1) is 8.79. The van der Waals surface area contributed by atoms with E-state index in [0.29, 0.717) is 5.82 Å². The number of ether oxygens (including phenoxy) is 1. The molecular weight excluding hydrogens is 228 g/mol. The second-order valence-electron chi connectivity index (χ2n) is 4.71. The van der Waals surface area contributed by atoms with Crippen LogP contribution >= 0.6 is 0 Å². The zero-order valence-corrected chi connectivity index (χ0v) is 10.3. The molecule has 1 aromatic heterocycles. The van der Waals surface area contributed by atoms with Crippen LogP contribution in [-0.4, -0.2) is 12.3 Å². The Kier molecular flexibility index (Phi) is 2.70. The van der Waals surface area contributed by atoms with Gasteiger partial charge in [0.25, 0.3) is 0 Å². The highest BCUT2D eigenvalue weighted by Gasteiger charge is 2.27. The first kappa shape index (κ1) is 11.1. The molecule has 1 aromatic carbocycles. The van der Waals surface area contributed by atoms with Crippen LogP contribution < -0.4 is 10.5 Å². The van der Waals surface area contributed by atoms with Gasteiger partial charge in [0.1, 0.15) is 11.5 Å². The number of para-hydroxylation sites is 1. The molecule has 0 saturated heterocycles. The third kappa shape index (κ3) is 1.94. The van der Waals surface area contributed by atoms with Crippen molar-refractivity contribution in [2.75, 3.05) is 12.8 Å². The monoisotopic (exact) mass is 244 g/mol. The molecule has 18 heavy (non-hydrogen) atoms. The van der Waals surface area contributed by atoms with E-state index in [9.17, 15) is 0 Å². The highest BCUT2D eigenvalue weighted by atomic mass is 16.5. The van der Waals surface area contributed by atoms with Crippen LogP contribution in [0.5, 0.6) is 5.75 Å². The maximum Gasteiger partial charge on any atom is 0.175 e. The molecule has 2 aromatic rings. The number of methoxy groups -OCH3 is 1. The SMILES string of the molecule is COc1ccccc1-c1c(N)noc1CC1CC1. The Bertz CT molecular complexity index is 559. The van der Waals surface area contributed by atoms with E-state index in [-0.39, 0.29) is 0 Å². The van der Waals surface area contributed by atoms with Crippen LogP contribution in [0, 0.1) is 5.92 Å².